The van der Waals surface area contributed by atoms with Crippen LogP contribution in [0.15, 0.2) is 48.5 Å². The lowest BCUT2D eigenvalue weighted by atomic mass is 9.52. The van der Waals surface area contributed by atoms with Crippen molar-refractivity contribution in [2.75, 3.05) is 28.2 Å². The Kier molecular flexibility index (Phi) is 7.07. The van der Waals surface area contributed by atoms with Crippen LogP contribution in [-0.2, 0) is 32.1 Å². The van der Waals surface area contributed by atoms with Crippen LogP contribution >= 0.6 is 0 Å². The highest BCUT2D eigenvalue weighted by Crippen LogP contribution is 2.52. The predicted molar refractivity (Wildman–Crippen MR) is 162 cm³/mol. The van der Waals surface area contributed by atoms with E-state index in [1.54, 1.807) is 20.2 Å². The number of hydrogen-bond acceptors (Lipinski definition) is 9. The fraction of sp³-hybridized carbons (Fsp3) is 0.382. The molecule has 3 aromatic carbocycles. The zero-order chi connectivity index (χ0) is 31.8. The van der Waals surface area contributed by atoms with Crippen molar-refractivity contribution in [1.29, 1.82) is 0 Å². The Morgan fingerprint density at radius 2 is 1.59 bits per heavy atom. The number of nitrogens with two attached hydrogens (primary N) is 1. The number of likely N-dealkylation sites (N-methyl/N-ethyl adjacent to an activating group) is 1. The molecular weight excluding hydrogens is 562 g/mol. The molecule has 0 aromatic heterocycles. The molecule has 0 saturated heterocycles. The fourth-order valence-corrected chi connectivity index (χ4v) is 7.93. The summed E-state index contributed by atoms with van der Waals surface area (Å²) in [6, 6.07) is 14.1. The molecule has 44 heavy (non-hydrogen) atoms. The molecule has 6 rings (SSSR count). The molecule has 10 heteroatoms. The van der Waals surface area contributed by atoms with E-state index in [1.165, 1.54) is 11.0 Å². The van der Waals surface area contributed by atoms with Crippen molar-refractivity contribution in [1.82, 2.24) is 9.80 Å². The lowest BCUT2D eigenvalue weighted by Gasteiger charge is -2.52. The Hall–Kier alpha value is -4.25. The van der Waals surface area contributed by atoms with Crippen LogP contribution in [-0.4, -0.2) is 88.9 Å². The minimum absolute atomic E-state index is 0.00150. The second-order valence-electron chi connectivity index (χ2n) is 12.8. The van der Waals surface area contributed by atoms with E-state index in [9.17, 15) is 34.2 Å². The minimum Gasteiger partial charge on any atom is -0.507 e. The quantitative estimate of drug-likeness (QED) is 0.373. The lowest BCUT2D eigenvalue weighted by Crippen LogP contribution is -2.74. The van der Waals surface area contributed by atoms with E-state index < -0.39 is 64.4 Å². The van der Waals surface area contributed by atoms with Crippen molar-refractivity contribution in [3.8, 4) is 16.9 Å². The van der Waals surface area contributed by atoms with Crippen LogP contribution in [0.1, 0.15) is 27.9 Å². The van der Waals surface area contributed by atoms with Gasteiger partial charge in [0.2, 0.25) is 5.91 Å². The van der Waals surface area contributed by atoms with Crippen molar-refractivity contribution in [2.24, 2.45) is 29.4 Å². The molecule has 10 nitrogen and oxygen atoms in total. The molecule has 2 fully saturated rings. The molecule has 3 aromatic rings. The number of phenols is 1. The van der Waals surface area contributed by atoms with Gasteiger partial charge in [-0.3, -0.25) is 28.9 Å². The number of rotatable bonds is 5. The predicted octanol–water partition coefficient (Wildman–Crippen LogP) is 1.75. The first-order chi connectivity index (χ1) is 20.8. The van der Waals surface area contributed by atoms with Gasteiger partial charge in [0.25, 0.3) is 0 Å². The number of phenolic OH excluding ortho intramolecular Hbond substituents is 1. The summed E-state index contributed by atoms with van der Waals surface area (Å²) in [5.74, 6) is -10.6. The van der Waals surface area contributed by atoms with Gasteiger partial charge < -0.3 is 20.8 Å². The highest BCUT2D eigenvalue weighted by molar-refractivity contribution is 6.32. The second-order valence-corrected chi connectivity index (χ2v) is 12.8. The third-order valence-electron chi connectivity index (χ3n) is 9.74. The number of aromatic hydroxyl groups is 1. The smallest absolute Gasteiger partial charge is 0.235 e. The largest absolute Gasteiger partial charge is 0.507 e. The van der Waals surface area contributed by atoms with Gasteiger partial charge in [0.05, 0.1) is 17.5 Å². The van der Waals surface area contributed by atoms with Gasteiger partial charge in [0, 0.05) is 12.5 Å². The highest BCUT2D eigenvalue weighted by Gasteiger charge is 2.69. The zero-order valence-corrected chi connectivity index (χ0v) is 25.0. The number of nitrogens with zero attached hydrogens (tertiary/aromatic N) is 2. The van der Waals surface area contributed by atoms with Gasteiger partial charge in [0.15, 0.2) is 34.7 Å². The Morgan fingerprint density at radius 1 is 0.932 bits per heavy atom. The second kappa shape index (κ2) is 10.4. The standard InChI is InChI=1S/C34H35N3O7/c1-36(2)15-16-9-10-20(19-8-6-5-7-18(16)19)21-11-12-24(38)26-22(21)13-17-14-23-28(37(3)4)30(40)27(33(35)43)32(42)34(23,44)31(41)25(17)29(26)39/h5-12,17,23,25,27-28,38,44H,13-15H2,1-4H3,(H2,35,43)/t17-,23-,25?,27?,28-,34-/m0/s1. The molecule has 2 saturated carbocycles. The van der Waals surface area contributed by atoms with Gasteiger partial charge in [0.1, 0.15) is 5.75 Å². The SMILES string of the molecule is CN(C)Cc1ccc(-c2ccc(O)c3c2C[C@H]2C[C@H]4[C@H](N(C)C)C(=O)C(C(N)=O)C(=O)[C@@]4(O)C(=O)C2C3=O)c2ccccc12. The first kappa shape index (κ1) is 29.8. The molecule has 0 heterocycles. The third kappa shape index (κ3) is 4.16. The highest BCUT2D eigenvalue weighted by atomic mass is 16.3. The number of Topliss-reactive ketones (excluding diaryl/α,β-unsaturated/α-hetero) is 4. The summed E-state index contributed by atoms with van der Waals surface area (Å²) in [6.45, 7) is 0.726. The van der Waals surface area contributed by atoms with E-state index in [0.717, 1.165) is 34.0 Å². The van der Waals surface area contributed by atoms with Gasteiger partial charge in [-0.25, -0.2) is 0 Å². The summed E-state index contributed by atoms with van der Waals surface area (Å²) in [5, 5.41) is 24.8. The third-order valence-corrected chi connectivity index (χ3v) is 9.74. The van der Waals surface area contributed by atoms with Crippen molar-refractivity contribution in [3.63, 3.8) is 0 Å². The van der Waals surface area contributed by atoms with Crippen LogP contribution in [0.25, 0.3) is 21.9 Å². The maximum Gasteiger partial charge on any atom is 0.235 e. The van der Waals surface area contributed by atoms with E-state index in [0.29, 0.717) is 5.56 Å². The number of aliphatic hydroxyl groups is 1. The van der Waals surface area contributed by atoms with Gasteiger partial charge in [-0.2, -0.15) is 0 Å². The summed E-state index contributed by atoms with van der Waals surface area (Å²) in [6.07, 6.45) is 0.199. The van der Waals surface area contributed by atoms with Crippen molar-refractivity contribution < 1.29 is 34.2 Å². The molecule has 0 spiro atoms. The molecule has 2 unspecified atom stereocenters. The molecule has 228 valence electrons. The topological polar surface area (TPSA) is 158 Å². The average molecular weight is 598 g/mol. The zero-order valence-electron chi connectivity index (χ0n) is 25.0. The minimum atomic E-state index is -2.75. The molecule has 6 atom stereocenters. The summed E-state index contributed by atoms with van der Waals surface area (Å²) in [4.78, 5) is 70.8. The number of benzene rings is 3. The van der Waals surface area contributed by atoms with Crippen LogP contribution in [0.2, 0.25) is 0 Å². The average Bonchev–Trinajstić information content (AvgIpc) is 2.95. The number of ketones is 4. The summed E-state index contributed by atoms with van der Waals surface area (Å²) in [5.41, 5.74) is 5.94. The first-order valence-corrected chi connectivity index (χ1v) is 14.6. The maximum absolute atomic E-state index is 14.1. The fourth-order valence-electron chi connectivity index (χ4n) is 7.93. The van der Waals surface area contributed by atoms with Crippen molar-refractivity contribution >= 4 is 39.8 Å². The van der Waals surface area contributed by atoms with Gasteiger partial charge in [-0.1, -0.05) is 42.5 Å². The summed E-state index contributed by atoms with van der Waals surface area (Å²) >= 11 is 0. The monoisotopic (exact) mass is 597 g/mol. The lowest BCUT2D eigenvalue weighted by molar-refractivity contribution is -0.181. The van der Waals surface area contributed by atoms with E-state index in [-0.39, 0.29) is 24.2 Å². The van der Waals surface area contributed by atoms with Crippen molar-refractivity contribution in [3.05, 3.63) is 65.2 Å². The molecule has 0 bridgehead atoms. The Morgan fingerprint density at radius 3 is 2.23 bits per heavy atom. The molecule has 4 N–H and O–H groups in total. The summed E-state index contributed by atoms with van der Waals surface area (Å²) < 4.78 is 0. The van der Waals surface area contributed by atoms with E-state index >= 15 is 0 Å². The van der Waals surface area contributed by atoms with E-state index in [4.69, 9.17) is 5.73 Å². The molecule has 3 aliphatic rings. The Balaban J connectivity index is 1.50. The number of carbonyl (C=O) groups is 5. The van der Waals surface area contributed by atoms with Crippen LogP contribution < -0.4 is 5.73 Å². The molecule has 0 radical (unpaired) electrons. The Bertz CT molecular complexity index is 1780. The van der Waals surface area contributed by atoms with E-state index in [2.05, 4.69) is 4.90 Å². The van der Waals surface area contributed by atoms with Crippen molar-refractivity contribution in [2.45, 2.75) is 31.0 Å². The number of fused-ring (bicyclic) bond motifs is 4. The van der Waals surface area contributed by atoms with E-state index in [1.807, 2.05) is 50.5 Å². The van der Waals surface area contributed by atoms with Gasteiger partial charge in [-0.05, 0) is 86.0 Å². The Labute approximate surface area is 254 Å². The molecule has 3 aliphatic carbocycles. The first-order valence-electron chi connectivity index (χ1n) is 14.6. The number of hydrogen-bond donors (Lipinski definition) is 3. The number of amides is 1. The van der Waals surface area contributed by atoms with Crippen LogP contribution in [0.4, 0.5) is 0 Å². The van der Waals surface area contributed by atoms with Gasteiger partial charge in [-0.15, -0.1) is 0 Å². The van der Waals surface area contributed by atoms with Crippen LogP contribution in [0.5, 0.6) is 5.75 Å². The molecular formula is C34H35N3O7. The molecule has 1 amide bonds. The van der Waals surface area contributed by atoms with Crippen LogP contribution in [0, 0.1) is 23.7 Å². The molecule has 0 aliphatic heterocycles. The number of primary amides is 1. The number of carbonyl (C=O) groups excluding carboxylic acids is 5. The summed E-state index contributed by atoms with van der Waals surface area (Å²) in [7, 11) is 7.12. The maximum atomic E-state index is 14.1. The van der Waals surface area contributed by atoms with Crippen LogP contribution in [0.3, 0.4) is 0 Å². The normalized spacial score (nSPS) is 28.3. The van der Waals surface area contributed by atoms with Gasteiger partial charge >= 0.3 is 0 Å².